The molecule has 1 N–H and O–H groups in total. The Morgan fingerprint density at radius 1 is 1.14 bits per heavy atom. The summed E-state index contributed by atoms with van der Waals surface area (Å²) in [5.41, 5.74) is 1.19. The van der Waals surface area contributed by atoms with Crippen LogP contribution in [0.25, 0.3) is 0 Å². The highest BCUT2D eigenvalue weighted by molar-refractivity contribution is 5.49. The number of rotatable bonds is 5. The van der Waals surface area contributed by atoms with Crippen molar-refractivity contribution < 1.29 is 4.74 Å². The van der Waals surface area contributed by atoms with Crippen molar-refractivity contribution in [2.24, 2.45) is 0 Å². The van der Waals surface area contributed by atoms with Gasteiger partial charge in [-0.3, -0.25) is 0 Å². The zero-order chi connectivity index (χ0) is 15.1. The average molecular weight is 290 g/mol. The number of benzene rings is 1. The molecule has 21 heavy (non-hydrogen) atoms. The lowest BCUT2D eigenvalue weighted by molar-refractivity contribution is 0.128. The van der Waals surface area contributed by atoms with Crippen LogP contribution in [0.2, 0.25) is 0 Å². The standard InChI is InChI=1S/C18H30N2O/c1-4-19-17-12-7-5-6-8-13-18(17)21-16-11-9-10-15(14-16)20(2)3/h9-11,14,17-19H,4-8,12-13H2,1-3H3. The van der Waals surface area contributed by atoms with Crippen molar-refractivity contribution in [3.8, 4) is 5.75 Å². The summed E-state index contributed by atoms with van der Waals surface area (Å²) in [5, 5.41) is 3.62. The Morgan fingerprint density at radius 2 is 1.90 bits per heavy atom. The van der Waals surface area contributed by atoms with Crippen molar-refractivity contribution in [1.82, 2.24) is 5.32 Å². The molecular weight excluding hydrogens is 260 g/mol. The van der Waals surface area contributed by atoms with Gasteiger partial charge in [0.05, 0.1) is 0 Å². The molecule has 0 spiro atoms. The van der Waals surface area contributed by atoms with Crippen LogP contribution in [-0.2, 0) is 0 Å². The van der Waals surface area contributed by atoms with E-state index in [0.717, 1.165) is 18.7 Å². The molecule has 118 valence electrons. The number of likely N-dealkylation sites (N-methyl/N-ethyl adjacent to an activating group) is 1. The Bertz CT molecular complexity index is 419. The summed E-state index contributed by atoms with van der Waals surface area (Å²) in [6.07, 6.45) is 7.98. The molecule has 0 radical (unpaired) electrons. The number of ether oxygens (including phenoxy) is 1. The van der Waals surface area contributed by atoms with E-state index >= 15 is 0 Å². The van der Waals surface area contributed by atoms with E-state index in [1.54, 1.807) is 0 Å². The lowest BCUT2D eigenvalue weighted by Gasteiger charge is -2.30. The van der Waals surface area contributed by atoms with Gasteiger partial charge < -0.3 is 15.0 Å². The van der Waals surface area contributed by atoms with Gasteiger partial charge in [0.15, 0.2) is 0 Å². The quantitative estimate of drug-likeness (QED) is 0.892. The summed E-state index contributed by atoms with van der Waals surface area (Å²) < 4.78 is 6.36. The number of nitrogens with zero attached hydrogens (tertiary/aromatic N) is 1. The molecule has 0 amide bonds. The van der Waals surface area contributed by atoms with Gasteiger partial charge in [0.25, 0.3) is 0 Å². The summed E-state index contributed by atoms with van der Waals surface area (Å²) in [6.45, 7) is 3.20. The molecule has 1 aromatic carbocycles. The maximum Gasteiger partial charge on any atom is 0.121 e. The highest BCUT2D eigenvalue weighted by Gasteiger charge is 2.23. The van der Waals surface area contributed by atoms with E-state index in [0.29, 0.717) is 12.1 Å². The van der Waals surface area contributed by atoms with Crippen LogP contribution in [-0.4, -0.2) is 32.8 Å². The lowest BCUT2D eigenvalue weighted by Crippen LogP contribution is -2.43. The Hall–Kier alpha value is -1.22. The Kier molecular flexibility index (Phi) is 6.37. The molecule has 1 aromatic rings. The van der Waals surface area contributed by atoms with E-state index in [1.807, 2.05) is 0 Å². The zero-order valence-corrected chi connectivity index (χ0v) is 13.8. The van der Waals surface area contributed by atoms with Crippen LogP contribution in [0.15, 0.2) is 24.3 Å². The SMILES string of the molecule is CCNC1CCCCCCC1Oc1cccc(N(C)C)c1. The molecule has 0 aromatic heterocycles. The molecule has 2 atom stereocenters. The van der Waals surface area contributed by atoms with Crippen LogP contribution < -0.4 is 15.0 Å². The van der Waals surface area contributed by atoms with Crippen LogP contribution in [0.3, 0.4) is 0 Å². The summed E-state index contributed by atoms with van der Waals surface area (Å²) in [6, 6.07) is 8.90. The maximum absolute atomic E-state index is 6.36. The second-order valence-electron chi connectivity index (χ2n) is 6.20. The molecular formula is C18H30N2O. The minimum Gasteiger partial charge on any atom is -0.489 e. The number of hydrogen-bond acceptors (Lipinski definition) is 3. The van der Waals surface area contributed by atoms with Gasteiger partial charge in [0, 0.05) is 31.9 Å². The topological polar surface area (TPSA) is 24.5 Å². The second-order valence-corrected chi connectivity index (χ2v) is 6.20. The minimum atomic E-state index is 0.294. The molecule has 0 aliphatic heterocycles. The summed E-state index contributed by atoms with van der Waals surface area (Å²) in [7, 11) is 4.13. The number of hydrogen-bond donors (Lipinski definition) is 1. The van der Waals surface area contributed by atoms with E-state index in [1.165, 1.54) is 37.8 Å². The Morgan fingerprint density at radius 3 is 2.62 bits per heavy atom. The van der Waals surface area contributed by atoms with Gasteiger partial charge in [0.2, 0.25) is 0 Å². The smallest absolute Gasteiger partial charge is 0.121 e. The lowest BCUT2D eigenvalue weighted by atomic mass is 9.94. The molecule has 1 saturated carbocycles. The molecule has 0 bridgehead atoms. The zero-order valence-electron chi connectivity index (χ0n) is 13.8. The van der Waals surface area contributed by atoms with Gasteiger partial charge in [-0.2, -0.15) is 0 Å². The van der Waals surface area contributed by atoms with E-state index in [4.69, 9.17) is 4.74 Å². The van der Waals surface area contributed by atoms with Crippen molar-refractivity contribution in [2.45, 2.75) is 57.6 Å². The first-order valence-electron chi connectivity index (χ1n) is 8.38. The maximum atomic E-state index is 6.36. The summed E-state index contributed by atoms with van der Waals surface area (Å²) in [5.74, 6) is 0.995. The van der Waals surface area contributed by atoms with Gasteiger partial charge in [-0.15, -0.1) is 0 Å². The van der Waals surface area contributed by atoms with E-state index in [2.05, 4.69) is 55.5 Å². The van der Waals surface area contributed by atoms with Crippen LogP contribution in [0.1, 0.15) is 45.4 Å². The highest BCUT2D eigenvalue weighted by Crippen LogP contribution is 2.25. The first-order valence-corrected chi connectivity index (χ1v) is 8.38. The third kappa shape index (κ3) is 4.92. The van der Waals surface area contributed by atoms with Gasteiger partial charge in [0.1, 0.15) is 11.9 Å². The number of nitrogens with one attached hydrogen (secondary N) is 1. The van der Waals surface area contributed by atoms with Crippen molar-refractivity contribution >= 4 is 5.69 Å². The minimum absolute atomic E-state index is 0.294. The third-order valence-electron chi connectivity index (χ3n) is 4.29. The fourth-order valence-corrected chi connectivity index (χ4v) is 3.10. The van der Waals surface area contributed by atoms with Gasteiger partial charge >= 0.3 is 0 Å². The normalized spacial score (nSPS) is 23.2. The molecule has 0 heterocycles. The Labute approximate surface area is 129 Å². The van der Waals surface area contributed by atoms with Crippen molar-refractivity contribution in [3.63, 3.8) is 0 Å². The second kappa shape index (κ2) is 8.28. The average Bonchev–Trinajstić information content (AvgIpc) is 2.46. The predicted molar refractivity (Wildman–Crippen MR) is 90.4 cm³/mol. The first kappa shape index (κ1) is 16.2. The van der Waals surface area contributed by atoms with Crippen molar-refractivity contribution in [2.75, 3.05) is 25.5 Å². The summed E-state index contributed by atoms with van der Waals surface area (Å²) >= 11 is 0. The largest absolute Gasteiger partial charge is 0.489 e. The van der Waals surface area contributed by atoms with Crippen LogP contribution in [0.4, 0.5) is 5.69 Å². The van der Waals surface area contributed by atoms with E-state index < -0.39 is 0 Å². The van der Waals surface area contributed by atoms with Crippen LogP contribution in [0, 0.1) is 0 Å². The van der Waals surface area contributed by atoms with E-state index in [9.17, 15) is 0 Å². The molecule has 2 rings (SSSR count). The molecule has 3 nitrogen and oxygen atoms in total. The van der Waals surface area contributed by atoms with E-state index in [-0.39, 0.29) is 0 Å². The predicted octanol–water partition coefficient (Wildman–Crippen LogP) is 3.83. The van der Waals surface area contributed by atoms with Crippen molar-refractivity contribution in [3.05, 3.63) is 24.3 Å². The molecule has 2 unspecified atom stereocenters. The van der Waals surface area contributed by atoms with Crippen LogP contribution in [0.5, 0.6) is 5.75 Å². The number of anilines is 1. The summed E-state index contributed by atoms with van der Waals surface area (Å²) in [4.78, 5) is 2.12. The highest BCUT2D eigenvalue weighted by atomic mass is 16.5. The van der Waals surface area contributed by atoms with Gasteiger partial charge in [-0.25, -0.2) is 0 Å². The first-order chi connectivity index (χ1) is 10.2. The van der Waals surface area contributed by atoms with Gasteiger partial charge in [-0.05, 0) is 37.9 Å². The molecule has 1 aliphatic rings. The third-order valence-corrected chi connectivity index (χ3v) is 4.29. The van der Waals surface area contributed by atoms with Crippen LogP contribution >= 0.6 is 0 Å². The van der Waals surface area contributed by atoms with Gasteiger partial charge in [-0.1, -0.05) is 32.3 Å². The monoisotopic (exact) mass is 290 g/mol. The van der Waals surface area contributed by atoms with Crippen molar-refractivity contribution in [1.29, 1.82) is 0 Å². The molecule has 0 saturated heterocycles. The Balaban J connectivity index is 2.07. The fraction of sp³-hybridized carbons (Fsp3) is 0.667. The fourth-order valence-electron chi connectivity index (χ4n) is 3.10. The molecule has 1 fully saturated rings. The molecule has 3 heteroatoms. The molecule has 1 aliphatic carbocycles.